The number of oxazole rings is 1. The maximum atomic E-state index is 12.9. The summed E-state index contributed by atoms with van der Waals surface area (Å²) in [5.74, 6) is 0.345. The van der Waals surface area contributed by atoms with E-state index in [1.807, 2.05) is 30.3 Å². The first-order chi connectivity index (χ1) is 15.8. The largest absolute Gasteiger partial charge is 0.441 e. The van der Waals surface area contributed by atoms with Crippen molar-refractivity contribution in [2.75, 3.05) is 0 Å². The van der Waals surface area contributed by atoms with Gasteiger partial charge in [-0.1, -0.05) is 48.5 Å². The van der Waals surface area contributed by atoms with Crippen LogP contribution in [-0.2, 0) is 22.1 Å². The molecule has 0 radical (unpaired) electrons. The summed E-state index contributed by atoms with van der Waals surface area (Å²) >= 11 is 0. The molecule has 33 heavy (non-hydrogen) atoms. The van der Waals surface area contributed by atoms with Gasteiger partial charge in [-0.15, -0.1) is 0 Å². The van der Waals surface area contributed by atoms with E-state index in [9.17, 15) is 13.2 Å². The minimum atomic E-state index is -3.56. The number of aryl methyl sites for hydroxylation is 2. The smallest absolute Gasteiger partial charge is 0.251 e. The van der Waals surface area contributed by atoms with Crippen molar-refractivity contribution in [2.45, 2.75) is 31.0 Å². The molecule has 1 N–H and O–H groups in total. The van der Waals surface area contributed by atoms with Crippen LogP contribution in [0.2, 0.25) is 0 Å². The third kappa shape index (κ3) is 5.21. The van der Waals surface area contributed by atoms with Crippen molar-refractivity contribution in [3.8, 4) is 11.5 Å². The van der Waals surface area contributed by atoms with Crippen LogP contribution in [0.5, 0.6) is 0 Å². The van der Waals surface area contributed by atoms with Gasteiger partial charge >= 0.3 is 0 Å². The summed E-state index contributed by atoms with van der Waals surface area (Å²) in [6, 6.07) is 23.4. The average Bonchev–Trinajstić information content (AvgIpc) is 3.18. The number of aromatic nitrogens is 1. The molecule has 1 aromatic heterocycles. The fourth-order valence-corrected chi connectivity index (χ4v) is 5.12. The van der Waals surface area contributed by atoms with E-state index in [1.54, 1.807) is 62.4 Å². The third-order valence-corrected chi connectivity index (χ3v) is 7.12. The zero-order valence-electron chi connectivity index (χ0n) is 18.4. The average molecular weight is 461 g/mol. The van der Waals surface area contributed by atoms with Crippen LogP contribution in [0.1, 0.15) is 32.9 Å². The van der Waals surface area contributed by atoms with Gasteiger partial charge in [0.15, 0.2) is 9.84 Å². The lowest BCUT2D eigenvalue weighted by atomic mass is 10.1. The van der Waals surface area contributed by atoms with Gasteiger partial charge in [0.1, 0.15) is 11.5 Å². The van der Waals surface area contributed by atoms with Crippen LogP contribution >= 0.6 is 0 Å². The Bertz CT molecular complexity index is 1380. The first kappa shape index (κ1) is 22.5. The number of nitrogens with one attached hydrogen (secondary N) is 1. The minimum Gasteiger partial charge on any atom is -0.441 e. The molecular formula is C26H24N2O4S. The minimum absolute atomic E-state index is 0.181. The maximum absolute atomic E-state index is 12.9. The van der Waals surface area contributed by atoms with E-state index < -0.39 is 9.84 Å². The molecule has 168 valence electrons. The quantitative estimate of drug-likeness (QED) is 0.425. The molecule has 1 amide bonds. The van der Waals surface area contributed by atoms with Gasteiger partial charge in [-0.3, -0.25) is 4.79 Å². The van der Waals surface area contributed by atoms with Crippen molar-refractivity contribution >= 4 is 15.7 Å². The summed E-state index contributed by atoms with van der Waals surface area (Å²) in [4.78, 5) is 17.1. The van der Waals surface area contributed by atoms with Gasteiger partial charge in [0.2, 0.25) is 5.89 Å². The molecule has 0 bridgehead atoms. The molecule has 0 aliphatic rings. The van der Waals surface area contributed by atoms with Gasteiger partial charge in [-0.25, -0.2) is 13.4 Å². The monoisotopic (exact) mass is 460 g/mol. The first-order valence-electron chi connectivity index (χ1n) is 10.5. The number of carbonyl (C=O) groups is 1. The summed E-state index contributed by atoms with van der Waals surface area (Å²) in [6.07, 6.45) is 0. The molecule has 0 aliphatic carbocycles. The Morgan fingerprint density at radius 2 is 1.58 bits per heavy atom. The van der Waals surface area contributed by atoms with Crippen molar-refractivity contribution in [3.63, 3.8) is 0 Å². The number of hydrogen-bond acceptors (Lipinski definition) is 5. The Morgan fingerprint density at radius 1 is 0.909 bits per heavy atom. The van der Waals surface area contributed by atoms with Gasteiger partial charge < -0.3 is 9.73 Å². The third-order valence-electron chi connectivity index (χ3n) is 5.34. The van der Waals surface area contributed by atoms with E-state index in [1.165, 1.54) is 0 Å². The van der Waals surface area contributed by atoms with Crippen molar-refractivity contribution in [1.82, 2.24) is 10.3 Å². The Labute approximate surface area is 193 Å². The lowest BCUT2D eigenvalue weighted by Gasteiger charge is -2.06. The SMILES string of the molecule is Cc1ccccc1S(=O)(=O)Cc1nc(-c2ccc(C(=O)NCc3ccccc3)cc2)oc1C. The molecule has 1 heterocycles. The second-order valence-corrected chi connectivity index (χ2v) is 9.75. The molecule has 0 unspecified atom stereocenters. The van der Waals surface area contributed by atoms with Crippen molar-refractivity contribution in [1.29, 1.82) is 0 Å². The van der Waals surface area contributed by atoms with E-state index >= 15 is 0 Å². The highest BCUT2D eigenvalue weighted by molar-refractivity contribution is 7.90. The summed E-state index contributed by atoms with van der Waals surface area (Å²) in [5.41, 5.74) is 3.27. The number of rotatable bonds is 7. The Balaban J connectivity index is 1.47. The van der Waals surface area contributed by atoms with E-state index in [0.29, 0.717) is 45.5 Å². The molecular weight excluding hydrogens is 436 g/mol. The van der Waals surface area contributed by atoms with Gasteiger partial charge in [0, 0.05) is 17.7 Å². The van der Waals surface area contributed by atoms with Gasteiger partial charge in [-0.05, 0) is 55.3 Å². The van der Waals surface area contributed by atoms with Crippen molar-refractivity contribution in [3.05, 3.63) is 107 Å². The van der Waals surface area contributed by atoms with Crippen LogP contribution in [0.15, 0.2) is 88.2 Å². The second-order valence-electron chi connectivity index (χ2n) is 7.79. The predicted molar refractivity (Wildman–Crippen MR) is 126 cm³/mol. The van der Waals surface area contributed by atoms with Crippen LogP contribution in [0, 0.1) is 13.8 Å². The predicted octanol–water partition coefficient (Wildman–Crippen LogP) is 4.86. The highest BCUT2D eigenvalue weighted by Crippen LogP contribution is 2.26. The van der Waals surface area contributed by atoms with E-state index in [-0.39, 0.29) is 11.7 Å². The zero-order valence-corrected chi connectivity index (χ0v) is 19.2. The molecule has 0 saturated heterocycles. The summed E-state index contributed by atoms with van der Waals surface area (Å²) in [6.45, 7) is 3.91. The number of hydrogen-bond donors (Lipinski definition) is 1. The van der Waals surface area contributed by atoms with Crippen LogP contribution in [0.25, 0.3) is 11.5 Å². The molecule has 6 nitrogen and oxygen atoms in total. The highest BCUT2D eigenvalue weighted by Gasteiger charge is 2.22. The highest BCUT2D eigenvalue weighted by atomic mass is 32.2. The van der Waals surface area contributed by atoms with Crippen molar-refractivity contribution in [2.24, 2.45) is 0 Å². The standard InChI is InChI=1S/C26H24N2O4S/c1-18-8-6-7-11-24(18)33(30,31)17-23-19(2)32-26(28-23)22-14-12-21(13-15-22)25(29)27-16-20-9-4-3-5-10-20/h3-15H,16-17H2,1-2H3,(H,27,29). The molecule has 3 aromatic carbocycles. The second kappa shape index (κ2) is 9.42. The normalized spacial score (nSPS) is 11.3. The van der Waals surface area contributed by atoms with Gasteiger partial charge in [0.05, 0.1) is 10.6 Å². The molecule has 7 heteroatoms. The molecule has 0 saturated carbocycles. The zero-order chi connectivity index (χ0) is 23.4. The molecule has 4 aromatic rings. The summed E-state index contributed by atoms with van der Waals surface area (Å²) < 4.78 is 31.5. The number of sulfone groups is 1. The summed E-state index contributed by atoms with van der Waals surface area (Å²) in [5, 5.41) is 2.89. The fourth-order valence-electron chi connectivity index (χ4n) is 3.49. The van der Waals surface area contributed by atoms with E-state index in [0.717, 1.165) is 5.56 Å². The van der Waals surface area contributed by atoms with Crippen LogP contribution < -0.4 is 5.32 Å². The molecule has 0 aliphatic heterocycles. The lowest BCUT2D eigenvalue weighted by molar-refractivity contribution is 0.0951. The van der Waals surface area contributed by atoms with Gasteiger partial charge in [0.25, 0.3) is 5.91 Å². The Morgan fingerprint density at radius 3 is 2.27 bits per heavy atom. The topological polar surface area (TPSA) is 89.3 Å². The fraction of sp³-hybridized carbons (Fsp3) is 0.154. The van der Waals surface area contributed by atoms with E-state index in [4.69, 9.17) is 4.42 Å². The molecule has 0 spiro atoms. The lowest BCUT2D eigenvalue weighted by Crippen LogP contribution is -2.22. The molecule has 0 atom stereocenters. The van der Waals surface area contributed by atoms with Crippen LogP contribution in [-0.4, -0.2) is 19.3 Å². The van der Waals surface area contributed by atoms with Crippen molar-refractivity contribution < 1.29 is 17.6 Å². The summed E-state index contributed by atoms with van der Waals surface area (Å²) in [7, 11) is -3.56. The molecule has 0 fully saturated rings. The van der Waals surface area contributed by atoms with E-state index in [2.05, 4.69) is 10.3 Å². The van der Waals surface area contributed by atoms with Gasteiger partial charge in [-0.2, -0.15) is 0 Å². The number of benzene rings is 3. The molecule has 4 rings (SSSR count). The number of nitrogens with zero attached hydrogens (tertiary/aromatic N) is 1. The first-order valence-corrected chi connectivity index (χ1v) is 12.2. The maximum Gasteiger partial charge on any atom is 0.251 e. The number of amides is 1. The number of carbonyl (C=O) groups excluding carboxylic acids is 1. The van der Waals surface area contributed by atoms with Crippen LogP contribution in [0.3, 0.4) is 0 Å². The Kier molecular flexibility index (Phi) is 6.42. The Hall–Kier alpha value is -3.71. The van der Waals surface area contributed by atoms with Crippen LogP contribution in [0.4, 0.5) is 0 Å².